The molecule has 0 bridgehead atoms. The Labute approximate surface area is 123 Å². The molecule has 0 radical (unpaired) electrons. The molecule has 3 nitrogen and oxygen atoms in total. The van der Waals surface area contributed by atoms with Crippen LogP contribution in [0, 0.1) is 0 Å². The predicted molar refractivity (Wildman–Crippen MR) is 82.0 cm³/mol. The maximum atomic E-state index is 12.2. The van der Waals surface area contributed by atoms with Crippen molar-refractivity contribution < 1.29 is 9.53 Å². The van der Waals surface area contributed by atoms with Crippen LogP contribution in [0.4, 0.5) is 5.69 Å². The number of nitrogens with zero attached hydrogens (tertiary/aromatic N) is 1. The molecule has 4 heteroatoms. The predicted octanol–water partition coefficient (Wildman–Crippen LogP) is 3.67. The van der Waals surface area contributed by atoms with Gasteiger partial charge in [0.1, 0.15) is 5.75 Å². The van der Waals surface area contributed by atoms with E-state index in [9.17, 15) is 4.79 Å². The molecule has 2 aromatic rings. The summed E-state index contributed by atoms with van der Waals surface area (Å²) in [5, 5.41) is 0.572. The van der Waals surface area contributed by atoms with Crippen molar-refractivity contribution in [3.05, 3.63) is 59.1 Å². The number of carbonyl (C=O) groups is 1. The fourth-order valence-corrected chi connectivity index (χ4v) is 2.09. The molecule has 0 unspecified atom stereocenters. The fraction of sp³-hybridized carbons (Fsp3) is 0.188. The molecular weight excluding hydrogens is 274 g/mol. The first-order valence-corrected chi connectivity index (χ1v) is 6.62. The number of likely N-dealkylation sites (N-methyl/N-ethyl adjacent to an activating group) is 1. The third kappa shape index (κ3) is 3.52. The van der Waals surface area contributed by atoms with Crippen LogP contribution in [0.1, 0.15) is 10.4 Å². The lowest BCUT2D eigenvalue weighted by Gasteiger charge is -2.18. The number of halogens is 1. The van der Waals surface area contributed by atoms with Crippen molar-refractivity contribution in [1.82, 2.24) is 0 Å². The Balaban J connectivity index is 2.06. The zero-order chi connectivity index (χ0) is 14.5. The van der Waals surface area contributed by atoms with Crippen LogP contribution in [-0.4, -0.2) is 26.5 Å². The number of carbonyl (C=O) groups excluding carboxylic acids is 1. The molecule has 0 aliphatic rings. The smallest absolute Gasteiger partial charge is 0.182 e. The minimum Gasteiger partial charge on any atom is -0.497 e. The number of methoxy groups -OCH3 is 1. The molecule has 0 aliphatic heterocycles. The van der Waals surface area contributed by atoms with Crippen molar-refractivity contribution >= 4 is 23.1 Å². The monoisotopic (exact) mass is 289 g/mol. The first kappa shape index (κ1) is 14.4. The molecule has 0 saturated heterocycles. The van der Waals surface area contributed by atoms with E-state index in [1.807, 2.05) is 36.2 Å². The van der Waals surface area contributed by atoms with E-state index in [2.05, 4.69) is 0 Å². The normalized spacial score (nSPS) is 10.2. The van der Waals surface area contributed by atoms with Crippen molar-refractivity contribution in [2.45, 2.75) is 0 Å². The minimum absolute atomic E-state index is 0.0332. The minimum atomic E-state index is 0.0332. The molecule has 0 fully saturated rings. The number of rotatable bonds is 5. The lowest BCUT2D eigenvalue weighted by molar-refractivity contribution is 0.100. The Morgan fingerprint density at radius 2 is 1.90 bits per heavy atom. The zero-order valence-corrected chi connectivity index (χ0v) is 12.2. The van der Waals surface area contributed by atoms with E-state index in [0.29, 0.717) is 17.1 Å². The Morgan fingerprint density at radius 1 is 1.20 bits per heavy atom. The van der Waals surface area contributed by atoms with Gasteiger partial charge in [-0.1, -0.05) is 23.7 Å². The maximum absolute atomic E-state index is 12.2. The molecular formula is C16H16ClNO2. The molecule has 0 N–H and O–H groups in total. The van der Waals surface area contributed by atoms with Crippen LogP contribution in [0.15, 0.2) is 48.5 Å². The van der Waals surface area contributed by atoms with Gasteiger partial charge in [0.25, 0.3) is 0 Å². The van der Waals surface area contributed by atoms with Crippen LogP contribution in [0.3, 0.4) is 0 Å². The molecule has 0 saturated carbocycles. The maximum Gasteiger partial charge on any atom is 0.182 e. The van der Waals surface area contributed by atoms with Crippen LogP contribution in [-0.2, 0) is 0 Å². The average Bonchev–Trinajstić information content (AvgIpc) is 2.47. The van der Waals surface area contributed by atoms with E-state index in [4.69, 9.17) is 16.3 Å². The summed E-state index contributed by atoms with van der Waals surface area (Å²) < 4.78 is 5.11. The van der Waals surface area contributed by atoms with Gasteiger partial charge in [-0.2, -0.15) is 0 Å². The summed E-state index contributed by atoms with van der Waals surface area (Å²) >= 11 is 5.90. The number of benzene rings is 2. The fourth-order valence-electron chi connectivity index (χ4n) is 1.90. The van der Waals surface area contributed by atoms with Gasteiger partial charge in [-0.25, -0.2) is 0 Å². The Morgan fingerprint density at radius 3 is 2.50 bits per heavy atom. The van der Waals surface area contributed by atoms with Crippen LogP contribution in [0.2, 0.25) is 5.02 Å². The number of anilines is 1. The Bertz CT molecular complexity index is 596. The van der Waals surface area contributed by atoms with Crippen molar-refractivity contribution in [1.29, 1.82) is 0 Å². The summed E-state index contributed by atoms with van der Waals surface area (Å²) in [6.45, 7) is 0.298. The summed E-state index contributed by atoms with van der Waals surface area (Å²) in [7, 11) is 3.51. The van der Waals surface area contributed by atoms with Gasteiger partial charge in [0, 0.05) is 23.3 Å². The molecule has 0 aromatic heterocycles. The van der Waals surface area contributed by atoms with Gasteiger partial charge >= 0.3 is 0 Å². The highest BCUT2D eigenvalue weighted by Crippen LogP contribution is 2.19. The first-order chi connectivity index (χ1) is 9.60. The third-order valence-corrected chi connectivity index (χ3v) is 3.28. The number of hydrogen-bond acceptors (Lipinski definition) is 3. The van der Waals surface area contributed by atoms with Crippen molar-refractivity contribution in [2.75, 3.05) is 25.6 Å². The number of ether oxygens (including phenoxy) is 1. The lowest BCUT2D eigenvalue weighted by Crippen LogP contribution is -2.25. The Kier molecular flexibility index (Phi) is 4.64. The third-order valence-electron chi connectivity index (χ3n) is 3.04. The van der Waals surface area contributed by atoms with Gasteiger partial charge < -0.3 is 9.64 Å². The van der Waals surface area contributed by atoms with Crippen LogP contribution < -0.4 is 9.64 Å². The molecule has 20 heavy (non-hydrogen) atoms. The molecule has 0 atom stereocenters. The van der Waals surface area contributed by atoms with E-state index < -0.39 is 0 Å². The second kappa shape index (κ2) is 6.44. The number of hydrogen-bond donors (Lipinski definition) is 0. The average molecular weight is 290 g/mol. The topological polar surface area (TPSA) is 29.5 Å². The summed E-state index contributed by atoms with van der Waals surface area (Å²) in [6, 6.07) is 14.6. The highest BCUT2D eigenvalue weighted by Gasteiger charge is 2.10. The molecule has 0 heterocycles. The van der Waals surface area contributed by atoms with Gasteiger partial charge in [-0.3, -0.25) is 4.79 Å². The number of Topliss-reactive ketones (excluding diaryl/α,β-unsaturated/α-hetero) is 1. The molecule has 0 aliphatic carbocycles. The van der Waals surface area contributed by atoms with Crippen LogP contribution >= 0.6 is 11.6 Å². The zero-order valence-electron chi connectivity index (χ0n) is 11.5. The summed E-state index contributed by atoms with van der Waals surface area (Å²) in [5.41, 5.74) is 1.58. The van der Waals surface area contributed by atoms with Gasteiger partial charge in [-0.15, -0.1) is 0 Å². The van der Waals surface area contributed by atoms with Crippen molar-refractivity contribution in [3.63, 3.8) is 0 Å². The van der Waals surface area contributed by atoms with E-state index in [0.717, 1.165) is 11.4 Å². The van der Waals surface area contributed by atoms with Crippen LogP contribution in [0.25, 0.3) is 0 Å². The summed E-state index contributed by atoms with van der Waals surface area (Å²) in [6.07, 6.45) is 0. The highest BCUT2D eigenvalue weighted by atomic mass is 35.5. The molecule has 0 amide bonds. The van der Waals surface area contributed by atoms with Gasteiger partial charge in [-0.05, 0) is 36.4 Å². The number of ketones is 1. The Hall–Kier alpha value is -2.00. The molecule has 2 rings (SSSR count). The standard InChI is InChI=1S/C16H16ClNO2/c1-18(14-6-8-15(20-2)9-7-14)11-16(19)12-4-3-5-13(17)10-12/h3-10H,11H2,1-2H3. The molecule has 104 valence electrons. The SMILES string of the molecule is COc1ccc(N(C)CC(=O)c2cccc(Cl)c2)cc1. The van der Waals surface area contributed by atoms with E-state index in [1.165, 1.54) is 0 Å². The second-order valence-electron chi connectivity index (χ2n) is 4.49. The van der Waals surface area contributed by atoms with Gasteiger partial charge in [0.05, 0.1) is 13.7 Å². The van der Waals surface area contributed by atoms with Crippen molar-refractivity contribution in [3.8, 4) is 5.75 Å². The van der Waals surface area contributed by atoms with Crippen molar-refractivity contribution in [2.24, 2.45) is 0 Å². The lowest BCUT2D eigenvalue weighted by atomic mass is 10.1. The van der Waals surface area contributed by atoms with E-state index >= 15 is 0 Å². The van der Waals surface area contributed by atoms with E-state index in [-0.39, 0.29) is 5.78 Å². The summed E-state index contributed by atoms with van der Waals surface area (Å²) in [5.74, 6) is 0.828. The van der Waals surface area contributed by atoms with Gasteiger partial charge in [0.15, 0.2) is 5.78 Å². The van der Waals surface area contributed by atoms with Crippen LogP contribution in [0.5, 0.6) is 5.75 Å². The quantitative estimate of drug-likeness (QED) is 0.787. The molecule has 2 aromatic carbocycles. The van der Waals surface area contributed by atoms with E-state index in [1.54, 1.807) is 31.4 Å². The first-order valence-electron chi connectivity index (χ1n) is 6.24. The second-order valence-corrected chi connectivity index (χ2v) is 4.92. The molecule has 0 spiro atoms. The highest BCUT2D eigenvalue weighted by molar-refractivity contribution is 6.31. The van der Waals surface area contributed by atoms with Gasteiger partial charge in [0.2, 0.25) is 0 Å². The summed E-state index contributed by atoms with van der Waals surface area (Å²) in [4.78, 5) is 14.1. The largest absolute Gasteiger partial charge is 0.497 e.